The molecule has 0 spiro atoms. The molecule has 0 aliphatic rings. The second-order valence-electron chi connectivity index (χ2n) is 8.60. The Bertz CT molecular complexity index is 1530. The van der Waals surface area contributed by atoms with E-state index in [1.807, 2.05) is 0 Å². The van der Waals surface area contributed by atoms with Gasteiger partial charge in [-0.3, -0.25) is 35.1 Å². The van der Waals surface area contributed by atoms with Gasteiger partial charge in [-0.1, -0.05) is 42.5 Å². The van der Waals surface area contributed by atoms with Crippen LogP contribution < -0.4 is 0 Å². The van der Waals surface area contributed by atoms with Gasteiger partial charge in [0.1, 0.15) is 0 Å². The molecule has 0 atom stereocenters. The number of rotatable bonds is 9. The number of carbonyl (C=O) groups excluding carboxylic acids is 2. The Morgan fingerprint density at radius 2 is 1.14 bits per heavy atom. The summed E-state index contributed by atoms with van der Waals surface area (Å²) in [7, 11) is 0. The van der Waals surface area contributed by atoms with E-state index in [1.54, 1.807) is 82.3 Å². The minimum atomic E-state index is -0.543. The number of aryl methyl sites for hydroxylation is 3. The Morgan fingerprint density at radius 1 is 0.744 bits per heavy atom. The highest BCUT2D eigenvalue weighted by Gasteiger charge is 2.16. The maximum atomic E-state index is 11.1. The third-order valence-corrected chi connectivity index (χ3v) is 5.57. The molecule has 0 fully saturated rings. The molecule has 0 aromatic heterocycles. The summed E-state index contributed by atoms with van der Waals surface area (Å²) in [6, 6.07) is 14.7. The first-order valence-electron chi connectivity index (χ1n) is 12.7. The van der Waals surface area contributed by atoms with Gasteiger partial charge in [-0.05, 0) is 58.0 Å². The molecule has 3 rings (SSSR count). The molecule has 0 aliphatic heterocycles. The summed E-state index contributed by atoms with van der Waals surface area (Å²) in [5.41, 5.74) is 2.71. The predicted molar refractivity (Wildman–Crippen MR) is 161 cm³/mol. The van der Waals surface area contributed by atoms with Crippen molar-refractivity contribution in [1.29, 1.82) is 0 Å². The Morgan fingerprint density at radius 3 is 1.49 bits per heavy atom. The molecule has 13 nitrogen and oxygen atoms in total. The van der Waals surface area contributed by atoms with Crippen molar-refractivity contribution in [2.45, 2.75) is 27.7 Å². The number of nitro benzene ring substituents is 3. The molecular weight excluding hydrogens is 562 g/mol. The van der Waals surface area contributed by atoms with E-state index in [-0.39, 0.29) is 35.8 Å². The number of hydrogen-bond acceptors (Lipinski definition) is 10. The number of nitro groups is 3. The number of para-hydroxylation sites is 3. The number of hydrogen-bond donors (Lipinski definition) is 1. The average Bonchev–Trinajstić information content (AvgIpc) is 2.95. The van der Waals surface area contributed by atoms with Crippen LogP contribution in [0.2, 0.25) is 0 Å². The Kier molecular flexibility index (Phi) is 14.8. The number of carbonyl (C=O) groups is 2. The van der Waals surface area contributed by atoms with E-state index in [0.717, 1.165) is 0 Å². The zero-order chi connectivity index (χ0) is 32.5. The summed E-state index contributed by atoms with van der Waals surface area (Å²) in [5.74, 6) is -0.511. The number of nitrogens with zero attached hydrogens (tertiary/aromatic N) is 3. The van der Waals surface area contributed by atoms with Gasteiger partial charge in [0.25, 0.3) is 17.1 Å². The highest BCUT2D eigenvalue weighted by Crippen LogP contribution is 2.25. The van der Waals surface area contributed by atoms with Gasteiger partial charge in [0, 0.05) is 22.8 Å². The molecule has 0 unspecified atom stereocenters. The van der Waals surface area contributed by atoms with Crippen molar-refractivity contribution in [2.24, 2.45) is 0 Å². The normalized spacial score (nSPS) is 10.3. The van der Waals surface area contributed by atoms with Crippen LogP contribution in [0.3, 0.4) is 0 Å². The van der Waals surface area contributed by atoms with Crippen molar-refractivity contribution in [3.63, 3.8) is 0 Å². The van der Waals surface area contributed by atoms with Crippen molar-refractivity contribution in [3.8, 4) is 0 Å². The molecule has 0 heterocycles. The quantitative estimate of drug-likeness (QED) is 0.0995. The molecule has 0 amide bonds. The zero-order valence-corrected chi connectivity index (χ0v) is 24.0. The average molecular weight is 594 g/mol. The molecule has 1 N–H and O–H groups in total. The fraction of sp³-hybridized carbons (Fsp3) is 0.200. The monoisotopic (exact) mass is 593 g/mol. The fourth-order valence-corrected chi connectivity index (χ4v) is 3.69. The summed E-state index contributed by atoms with van der Waals surface area (Å²) in [6.45, 7) is 6.80. The van der Waals surface area contributed by atoms with E-state index >= 15 is 0 Å². The first kappa shape index (κ1) is 35.5. The molecule has 0 saturated heterocycles. The minimum absolute atomic E-state index is 0.00745. The second kappa shape index (κ2) is 18.0. The van der Waals surface area contributed by atoms with E-state index in [9.17, 15) is 39.9 Å². The highest BCUT2D eigenvalue weighted by atomic mass is 16.6. The van der Waals surface area contributed by atoms with Gasteiger partial charge in [-0.25, -0.2) is 4.79 Å². The molecule has 0 bridgehead atoms. The number of aliphatic hydroxyl groups excluding tert-OH is 1. The number of ether oxygens (including phenoxy) is 1. The number of aliphatic hydroxyl groups is 1. The van der Waals surface area contributed by atoms with Gasteiger partial charge in [-0.2, -0.15) is 0 Å². The van der Waals surface area contributed by atoms with Crippen LogP contribution in [-0.4, -0.2) is 45.3 Å². The summed E-state index contributed by atoms with van der Waals surface area (Å²) in [6.07, 6.45) is 6.09. The van der Waals surface area contributed by atoms with E-state index in [4.69, 9.17) is 9.84 Å². The van der Waals surface area contributed by atoms with E-state index in [2.05, 4.69) is 0 Å². The van der Waals surface area contributed by atoms with Crippen LogP contribution in [0, 0.1) is 51.1 Å². The van der Waals surface area contributed by atoms with Gasteiger partial charge in [-0.15, -0.1) is 0 Å². The van der Waals surface area contributed by atoms with Crippen molar-refractivity contribution < 1.29 is 34.2 Å². The summed E-state index contributed by atoms with van der Waals surface area (Å²) < 4.78 is 4.70. The van der Waals surface area contributed by atoms with Crippen molar-refractivity contribution >= 4 is 41.5 Å². The fourth-order valence-electron chi connectivity index (χ4n) is 3.69. The molecule has 13 heteroatoms. The molecule has 0 radical (unpaired) electrons. The second-order valence-corrected chi connectivity index (χ2v) is 8.60. The van der Waals surface area contributed by atoms with Gasteiger partial charge >= 0.3 is 5.97 Å². The molecule has 226 valence electrons. The van der Waals surface area contributed by atoms with Gasteiger partial charge in [0.05, 0.1) is 44.7 Å². The zero-order valence-electron chi connectivity index (χ0n) is 24.0. The van der Waals surface area contributed by atoms with Gasteiger partial charge in [0.15, 0.2) is 6.29 Å². The summed E-state index contributed by atoms with van der Waals surface area (Å²) >= 11 is 0. The van der Waals surface area contributed by atoms with Crippen LogP contribution in [0.5, 0.6) is 0 Å². The lowest BCUT2D eigenvalue weighted by molar-refractivity contribution is -0.385. The third-order valence-electron chi connectivity index (χ3n) is 5.57. The molecule has 0 saturated carbocycles. The first-order valence-corrected chi connectivity index (χ1v) is 12.7. The Labute approximate surface area is 247 Å². The van der Waals surface area contributed by atoms with Crippen LogP contribution >= 0.6 is 0 Å². The SMILES string of the molecule is CCOC(=O)/C=C/c1cccc(C)c1[N+](=O)[O-].Cc1cccc(/C=C/CO)c1[N+](=O)[O-].Cc1cccc(C=O)c1[N+](=O)[O-]. The van der Waals surface area contributed by atoms with E-state index in [0.29, 0.717) is 34.1 Å². The standard InChI is InChI=1S/C12H13NO4.C10H11NO3.C8H7NO3/c1-3-17-11(14)8-7-10-6-4-5-9(2)12(10)13(15)16;1-8-4-2-5-9(6-3-7-12)10(8)11(13)14;1-6-3-2-4-7(5-10)8(6)9(11)12/h4-8H,3H2,1-2H3;2-6,12H,7H2,1H3;2-5H,1H3/b8-7+;6-3+;. The largest absolute Gasteiger partial charge is 0.463 e. The summed E-state index contributed by atoms with van der Waals surface area (Å²) in [5, 5.41) is 40.6. The van der Waals surface area contributed by atoms with Crippen LogP contribution in [0.25, 0.3) is 12.2 Å². The van der Waals surface area contributed by atoms with E-state index in [1.165, 1.54) is 24.3 Å². The molecule has 3 aromatic carbocycles. The maximum absolute atomic E-state index is 11.1. The first-order chi connectivity index (χ1) is 20.4. The minimum Gasteiger partial charge on any atom is -0.463 e. The third kappa shape index (κ3) is 11.1. The molecule has 43 heavy (non-hydrogen) atoms. The number of esters is 1. The van der Waals surface area contributed by atoms with Crippen LogP contribution in [0.15, 0.2) is 66.7 Å². The number of benzene rings is 3. The van der Waals surface area contributed by atoms with Gasteiger partial charge < -0.3 is 9.84 Å². The van der Waals surface area contributed by atoms with Crippen LogP contribution in [0.1, 0.15) is 45.1 Å². The Balaban J connectivity index is 0.000000328. The van der Waals surface area contributed by atoms with Crippen molar-refractivity contribution in [2.75, 3.05) is 13.2 Å². The predicted octanol–water partition coefficient (Wildman–Crippen LogP) is 6.10. The van der Waals surface area contributed by atoms with Crippen LogP contribution in [-0.2, 0) is 9.53 Å². The smallest absolute Gasteiger partial charge is 0.330 e. The van der Waals surface area contributed by atoms with Crippen LogP contribution in [0.4, 0.5) is 17.1 Å². The van der Waals surface area contributed by atoms with E-state index < -0.39 is 20.7 Å². The topological polar surface area (TPSA) is 193 Å². The Hall–Kier alpha value is -5.56. The molecule has 3 aromatic rings. The lowest BCUT2D eigenvalue weighted by atomic mass is 10.1. The highest BCUT2D eigenvalue weighted by molar-refractivity contribution is 5.88. The molecular formula is C30H31N3O10. The number of aldehydes is 1. The van der Waals surface area contributed by atoms with Gasteiger partial charge in [0.2, 0.25) is 0 Å². The lowest BCUT2D eigenvalue weighted by Gasteiger charge is -2.00. The lowest BCUT2D eigenvalue weighted by Crippen LogP contribution is -1.99. The van der Waals surface area contributed by atoms with Crippen molar-refractivity contribution in [3.05, 3.63) is 130 Å². The molecule has 0 aliphatic carbocycles. The van der Waals surface area contributed by atoms with Crippen molar-refractivity contribution in [1.82, 2.24) is 0 Å². The maximum Gasteiger partial charge on any atom is 0.330 e. The summed E-state index contributed by atoms with van der Waals surface area (Å²) in [4.78, 5) is 52.1.